The highest BCUT2D eigenvalue weighted by Crippen LogP contribution is 2.24. The number of halogens is 2. The fourth-order valence-electron chi connectivity index (χ4n) is 2.93. The molecule has 2 heterocycles. The first-order valence-electron chi connectivity index (χ1n) is 7.66. The molecular formula is C16H22Cl2N2O3. The van der Waals surface area contributed by atoms with Gasteiger partial charge >= 0.3 is 0 Å². The number of amides is 1. The van der Waals surface area contributed by atoms with Crippen molar-refractivity contribution in [1.82, 2.24) is 10.2 Å². The van der Waals surface area contributed by atoms with E-state index in [9.17, 15) is 4.79 Å². The van der Waals surface area contributed by atoms with Crippen LogP contribution in [0.5, 0.6) is 0 Å². The van der Waals surface area contributed by atoms with Crippen molar-refractivity contribution in [3.63, 3.8) is 0 Å². The Morgan fingerprint density at radius 3 is 2.70 bits per heavy atom. The molecule has 0 radical (unpaired) electrons. The highest BCUT2D eigenvalue weighted by molar-refractivity contribution is 6.30. The second-order valence-electron chi connectivity index (χ2n) is 5.70. The van der Waals surface area contributed by atoms with Crippen LogP contribution in [0.4, 0.5) is 0 Å². The van der Waals surface area contributed by atoms with E-state index in [0.717, 1.165) is 5.56 Å². The lowest BCUT2D eigenvalue weighted by Gasteiger charge is -2.38. The van der Waals surface area contributed by atoms with Crippen LogP contribution < -0.4 is 5.32 Å². The molecule has 128 valence electrons. The maximum atomic E-state index is 12.7. The SMILES string of the molecule is C[C@H]1OCCN[C@@H]1C(=O)N1CCOC(c2ccc(Cl)cc2)C1.Cl. The van der Waals surface area contributed by atoms with E-state index in [-0.39, 0.29) is 36.6 Å². The molecule has 1 aromatic rings. The molecule has 0 spiro atoms. The number of carbonyl (C=O) groups excluding carboxylic acids is 1. The molecule has 0 aliphatic carbocycles. The molecule has 1 aromatic carbocycles. The molecule has 2 saturated heterocycles. The minimum atomic E-state index is -0.266. The number of hydrogen-bond acceptors (Lipinski definition) is 4. The minimum Gasteiger partial charge on any atom is -0.375 e. The van der Waals surface area contributed by atoms with Crippen molar-refractivity contribution in [2.45, 2.75) is 25.2 Å². The normalized spacial score (nSPS) is 28.1. The summed E-state index contributed by atoms with van der Waals surface area (Å²) in [5, 5.41) is 3.95. The van der Waals surface area contributed by atoms with Gasteiger partial charge in [0.05, 0.1) is 25.9 Å². The van der Waals surface area contributed by atoms with Crippen LogP contribution in [0, 0.1) is 0 Å². The summed E-state index contributed by atoms with van der Waals surface area (Å²) in [5.41, 5.74) is 1.04. The van der Waals surface area contributed by atoms with Gasteiger partial charge in [-0.05, 0) is 24.6 Å². The van der Waals surface area contributed by atoms with Crippen molar-refractivity contribution in [2.75, 3.05) is 32.8 Å². The highest BCUT2D eigenvalue weighted by atomic mass is 35.5. The van der Waals surface area contributed by atoms with Crippen molar-refractivity contribution in [3.8, 4) is 0 Å². The van der Waals surface area contributed by atoms with Crippen LogP contribution >= 0.6 is 24.0 Å². The van der Waals surface area contributed by atoms with Crippen LogP contribution in [0.2, 0.25) is 5.02 Å². The molecule has 23 heavy (non-hydrogen) atoms. The van der Waals surface area contributed by atoms with Crippen molar-refractivity contribution < 1.29 is 14.3 Å². The Kier molecular flexibility index (Phi) is 6.68. The second kappa shape index (κ2) is 8.31. The average molecular weight is 361 g/mol. The first-order valence-corrected chi connectivity index (χ1v) is 8.04. The van der Waals surface area contributed by atoms with Crippen LogP contribution in [0.1, 0.15) is 18.6 Å². The van der Waals surface area contributed by atoms with Gasteiger partial charge in [0.15, 0.2) is 0 Å². The second-order valence-corrected chi connectivity index (χ2v) is 6.14. The molecule has 0 aromatic heterocycles. The van der Waals surface area contributed by atoms with Crippen molar-refractivity contribution in [1.29, 1.82) is 0 Å². The molecule has 7 heteroatoms. The van der Waals surface area contributed by atoms with E-state index in [4.69, 9.17) is 21.1 Å². The van der Waals surface area contributed by atoms with E-state index < -0.39 is 0 Å². The largest absolute Gasteiger partial charge is 0.375 e. The molecule has 3 rings (SSSR count). The lowest BCUT2D eigenvalue weighted by Crippen LogP contribution is -2.58. The summed E-state index contributed by atoms with van der Waals surface area (Å²) >= 11 is 5.92. The average Bonchev–Trinajstić information content (AvgIpc) is 2.55. The smallest absolute Gasteiger partial charge is 0.242 e. The summed E-state index contributed by atoms with van der Waals surface area (Å²) in [6, 6.07) is 7.33. The number of ether oxygens (including phenoxy) is 2. The van der Waals surface area contributed by atoms with E-state index in [2.05, 4.69) is 5.32 Å². The Labute approximate surface area is 147 Å². The van der Waals surface area contributed by atoms with Gasteiger partial charge in [-0.1, -0.05) is 23.7 Å². The molecule has 2 aliphatic heterocycles. The van der Waals surface area contributed by atoms with Crippen LogP contribution in [0.15, 0.2) is 24.3 Å². The van der Waals surface area contributed by atoms with Crippen LogP contribution in [0.25, 0.3) is 0 Å². The Hall–Kier alpha value is -0.850. The number of morpholine rings is 2. The van der Waals surface area contributed by atoms with Gasteiger partial charge in [0.1, 0.15) is 12.1 Å². The number of rotatable bonds is 2. The molecular weight excluding hydrogens is 339 g/mol. The molecule has 2 aliphatic rings. The number of nitrogens with zero attached hydrogens (tertiary/aromatic N) is 1. The zero-order valence-electron chi connectivity index (χ0n) is 13.0. The molecule has 2 fully saturated rings. The fraction of sp³-hybridized carbons (Fsp3) is 0.562. The Morgan fingerprint density at radius 1 is 1.26 bits per heavy atom. The van der Waals surface area contributed by atoms with Gasteiger partial charge in [0.25, 0.3) is 0 Å². The van der Waals surface area contributed by atoms with E-state index in [1.54, 1.807) is 0 Å². The molecule has 3 atom stereocenters. The summed E-state index contributed by atoms with van der Waals surface area (Å²) in [4.78, 5) is 14.6. The lowest BCUT2D eigenvalue weighted by atomic mass is 10.1. The van der Waals surface area contributed by atoms with Crippen molar-refractivity contribution in [2.24, 2.45) is 0 Å². The van der Waals surface area contributed by atoms with Gasteiger partial charge in [-0.2, -0.15) is 0 Å². The van der Waals surface area contributed by atoms with Gasteiger partial charge in [0.2, 0.25) is 5.91 Å². The van der Waals surface area contributed by atoms with Gasteiger partial charge in [-0.25, -0.2) is 0 Å². The maximum Gasteiger partial charge on any atom is 0.242 e. The van der Waals surface area contributed by atoms with E-state index >= 15 is 0 Å². The van der Waals surface area contributed by atoms with E-state index in [1.807, 2.05) is 36.1 Å². The lowest BCUT2D eigenvalue weighted by molar-refractivity contribution is -0.147. The summed E-state index contributed by atoms with van der Waals surface area (Å²) in [6.07, 6.45) is -0.201. The number of benzene rings is 1. The molecule has 0 bridgehead atoms. The highest BCUT2D eigenvalue weighted by Gasteiger charge is 2.34. The van der Waals surface area contributed by atoms with Gasteiger partial charge in [-0.3, -0.25) is 4.79 Å². The zero-order valence-corrected chi connectivity index (χ0v) is 14.6. The number of hydrogen-bond donors (Lipinski definition) is 1. The Balaban J connectivity index is 0.00000192. The van der Waals surface area contributed by atoms with Crippen LogP contribution in [-0.2, 0) is 14.3 Å². The molecule has 5 nitrogen and oxygen atoms in total. The first kappa shape index (κ1) is 18.5. The summed E-state index contributed by atoms with van der Waals surface area (Å²) in [5.74, 6) is 0.0921. The Bertz CT molecular complexity index is 527. The Morgan fingerprint density at radius 2 is 2.00 bits per heavy atom. The van der Waals surface area contributed by atoms with Gasteiger partial charge in [-0.15, -0.1) is 12.4 Å². The van der Waals surface area contributed by atoms with Crippen LogP contribution in [-0.4, -0.2) is 55.8 Å². The predicted molar refractivity (Wildman–Crippen MR) is 91.2 cm³/mol. The topological polar surface area (TPSA) is 50.8 Å². The van der Waals surface area contributed by atoms with Gasteiger partial charge < -0.3 is 19.7 Å². The molecule has 1 N–H and O–H groups in total. The summed E-state index contributed by atoms with van der Waals surface area (Å²) in [7, 11) is 0. The zero-order chi connectivity index (χ0) is 15.5. The van der Waals surface area contributed by atoms with Crippen LogP contribution in [0.3, 0.4) is 0 Å². The monoisotopic (exact) mass is 360 g/mol. The minimum absolute atomic E-state index is 0. The number of carbonyl (C=O) groups is 1. The third-order valence-corrected chi connectivity index (χ3v) is 4.45. The van der Waals surface area contributed by atoms with E-state index in [1.165, 1.54) is 0 Å². The van der Waals surface area contributed by atoms with Gasteiger partial charge in [0, 0.05) is 18.1 Å². The van der Waals surface area contributed by atoms with Crippen molar-refractivity contribution in [3.05, 3.63) is 34.9 Å². The van der Waals surface area contributed by atoms with Crippen molar-refractivity contribution >= 4 is 29.9 Å². The van der Waals surface area contributed by atoms with E-state index in [0.29, 0.717) is 37.9 Å². The quantitative estimate of drug-likeness (QED) is 0.876. The maximum absolute atomic E-state index is 12.7. The molecule has 0 saturated carbocycles. The fourth-order valence-corrected chi connectivity index (χ4v) is 3.06. The first-order chi connectivity index (χ1) is 10.6. The third kappa shape index (κ3) is 4.37. The summed E-state index contributed by atoms with van der Waals surface area (Å²) in [6.45, 7) is 5.03. The molecule has 1 amide bonds. The number of nitrogens with one attached hydrogen (secondary N) is 1. The summed E-state index contributed by atoms with van der Waals surface area (Å²) < 4.78 is 11.4. The molecule has 1 unspecified atom stereocenters. The third-order valence-electron chi connectivity index (χ3n) is 4.20. The standard InChI is InChI=1S/C16H21ClN2O3.ClH/c1-11-15(18-6-8-21-11)16(20)19-7-9-22-14(10-19)12-2-4-13(17)5-3-12;/h2-5,11,14-15,18H,6-10H2,1H3;1H/t11-,14?,15+;/m1./s1. The predicted octanol–water partition coefficient (Wildman–Crippen LogP) is 2.04.